The average Bonchev–Trinajstić information content (AvgIpc) is 3.23. The molecule has 1 aliphatic rings. The van der Waals surface area contributed by atoms with Gasteiger partial charge in [0.2, 0.25) is 0 Å². The van der Waals surface area contributed by atoms with Crippen LogP contribution in [-0.4, -0.2) is 28.6 Å². The van der Waals surface area contributed by atoms with Gasteiger partial charge in [0.15, 0.2) is 0 Å². The first-order valence-corrected chi connectivity index (χ1v) is 12.0. The minimum Gasteiger partial charge on any atom is -0.374 e. The number of carbonyl (C=O) groups excluding carboxylic acids is 1. The molecule has 1 unspecified atom stereocenters. The van der Waals surface area contributed by atoms with Gasteiger partial charge in [-0.1, -0.05) is 54.7 Å². The van der Waals surface area contributed by atoms with E-state index in [0.717, 1.165) is 11.0 Å². The number of benzene rings is 2. The summed E-state index contributed by atoms with van der Waals surface area (Å²) >= 11 is 12.2. The zero-order chi connectivity index (χ0) is 28.1. The van der Waals surface area contributed by atoms with Crippen LogP contribution in [0.5, 0.6) is 0 Å². The minimum absolute atomic E-state index is 0.0468. The number of carbonyl (C=O) groups is 1. The van der Waals surface area contributed by atoms with Gasteiger partial charge in [0, 0.05) is 24.6 Å². The molecule has 1 atom stereocenters. The van der Waals surface area contributed by atoms with Gasteiger partial charge in [0.05, 0.1) is 27.5 Å². The number of oxime groups is 1. The Morgan fingerprint density at radius 3 is 1.97 bits per heavy atom. The Morgan fingerprint density at radius 2 is 1.54 bits per heavy atom. The van der Waals surface area contributed by atoms with Gasteiger partial charge >= 0.3 is 18.5 Å². The number of amides is 1. The maximum atomic E-state index is 14.2. The molecule has 0 bridgehead atoms. The first-order valence-electron chi connectivity index (χ1n) is 9.75. The van der Waals surface area contributed by atoms with Crippen LogP contribution in [0.1, 0.15) is 28.7 Å². The van der Waals surface area contributed by atoms with Crippen molar-refractivity contribution in [1.82, 2.24) is 0 Å². The molecule has 1 amide bonds. The van der Waals surface area contributed by atoms with E-state index in [2.05, 4.69) is 41.9 Å². The smallest absolute Gasteiger partial charge is 0.374 e. The standard InChI is InChI=1S/C21H12Br2ClF9N2O2/c1-35(17(36)16(22)23)15-3-2-9(4-13(15)24)14-8-18(37-34-14,21(31,32)33)10-5-11(19(25,26)27)7-12(6-10)20(28,29)30/h2-7,16H,8H2,1H3. The summed E-state index contributed by atoms with van der Waals surface area (Å²) < 4.78 is 122. The van der Waals surface area contributed by atoms with Crippen molar-refractivity contribution in [2.45, 2.75) is 34.3 Å². The van der Waals surface area contributed by atoms with E-state index in [1.54, 1.807) is 0 Å². The van der Waals surface area contributed by atoms with Gasteiger partial charge in [-0.3, -0.25) is 4.79 Å². The Kier molecular flexibility index (Phi) is 7.95. The zero-order valence-electron chi connectivity index (χ0n) is 18.0. The third-order valence-electron chi connectivity index (χ3n) is 5.40. The lowest BCUT2D eigenvalue weighted by Crippen LogP contribution is -2.43. The molecule has 1 aliphatic heterocycles. The summed E-state index contributed by atoms with van der Waals surface area (Å²) in [5, 5.41) is 3.25. The van der Waals surface area contributed by atoms with E-state index in [0.29, 0.717) is 0 Å². The monoisotopic (exact) mass is 688 g/mol. The Bertz CT molecular complexity index is 1210. The molecule has 0 aliphatic carbocycles. The fraction of sp³-hybridized carbons (Fsp3) is 0.333. The van der Waals surface area contributed by atoms with Crippen molar-refractivity contribution < 1.29 is 49.1 Å². The molecule has 2 aromatic carbocycles. The molecule has 2 aromatic rings. The van der Waals surface area contributed by atoms with Crippen molar-refractivity contribution in [3.8, 4) is 0 Å². The number of alkyl halides is 11. The Hall–Kier alpha value is -2.00. The summed E-state index contributed by atoms with van der Waals surface area (Å²) in [5.41, 5.74) is -9.27. The molecule has 202 valence electrons. The van der Waals surface area contributed by atoms with Gasteiger partial charge in [-0.25, -0.2) is 0 Å². The van der Waals surface area contributed by atoms with Gasteiger partial charge in [-0.15, -0.1) is 0 Å². The first-order chi connectivity index (χ1) is 16.8. The predicted molar refractivity (Wildman–Crippen MR) is 123 cm³/mol. The quantitative estimate of drug-likeness (QED) is 0.241. The SMILES string of the molecule is CN(C(=O)C(Br)Br)c1ccc(C2=NOC(c3cc(C(F)(F)F)cc(C(F)(F)F)c3)(C(F)(F)F)C2)cc1Cl. The molecule has 0 fully saturated rings. The van der Waals surface area contributed by atoms with E-state index in [9.17, 15) is 44.3 Å². The molecule has 1 heterocycles. The van der Waals surface area contributed by atoms with Crippen molar-refractivity contribution in [3.05, 3.63) is 63.7 Å². The van der Waals surface area contributed by atoms with Crippen molar-refractivity contribution in [2.75, 3.05) is 11.9 Å². The molecule has 0 saturated heterocycles. The Labute approximate surface area is 224 Å². The normalized spacial score (nSPS) is 18.6. The number of hydrogen-bond donors (Lipinski definition) is 0. The van der Waals surface area contributed by atoms with Crippen LogP contribution in [0, 0.1) is 0 Å². The lowest BCUT2D eigenvalue weighted by atomic mass is 9.84. The van der Waals surface area contributed by atoms with E-state index < -0.39 is 62.6 Å². The highest BCUT2D eigenvalue weighted by Crippen LogP contribution is 2.51. The number of nitrogens with zero attached hydrogens (tertiary/aromatic N) is 2. The molecule has 0 spiro atoms. The molecular weight excluding hydrogens is 678 g/mol. The summed E-state index contributed by atoms with van der Waals surface area (Å²) in [7, 11) is 1.37. The van der Waals surface area contributed by atoms with Crippen LogP contribution < -0.4 is 4.90 Å². The summed E-state index contributed by atoms with van der Waals surface area (Å²) in [6, 6.07) is 3.26. The van der Waals surface area contributed by atoms with Crippen molar-refractivity contribution in [2.24, 2.45) is 5.16 Å². The highest BCUT2D eigenvalue weighted by Gasteiger charge is 2.63. The van der Waals surface area contributed by atoms with Crippen LogP contribution in [0.25, 0.3) is 0 Å². The second-order valence-electron chi connectivity index (χ2n) is 7.79. The van der Waals surface area contributed by atoms with Crippen LogP contribution in [0.15, 0.2) is 41.6 Å². The molecule has 3 rings (SSSR count). The van der Waals surface area contributed by atoms with Gasteiger partial charge in [-0.05, 0) is 30.3 Å². The van der Waals surface area contributed by atoms with Crippen molar-refractivity contribution >= 4 is 60.8 Å². The highest BCUT2D eigenvalue weighted by molar-refractivity contribution is 9.25. The second-order valence-corrected chi connectivity index (χ2v) is 11.3. The fourth-order valence-corrected chi connectivity index (χ4v) is 4.39. The molecule has 16 heteroatoms. The Morgan fingerprint density at radius 1 is 1.00 bits per heavy atom. The zero-order valence-corrected chi connectivity index (χ0v) is 21.9. The third-order valence-corrected chi connectivity index (χ3v) is 6.49. The van der Waals surface area contributed by atoms with Crippen LogP contribution in [0.4, 0.5) is 45.2 Å². The molecule has 0 N–H and O–H groups in total. The lowest BCUT2D eigenvalue weighted by molar-refractivity contribution is -0.276. The third kappa shape index (κ3) is 5.87. The van der Waals surface area contributed by atoms with E-state index in [4.69, 9.17) is 11.6 Å². The predicted octanol–water partition coefficient (Wildman–Crippen LogP) is 8.04. The largest absolute Gasteiger partial charge is 0.435 e. The molecule has 0 radical (unpaired) electrons. The van der Waals surface area contributed by atoms with E-state index >= 15 is 0 Å². The van der Waals surface area contributed by atoms with Gasteiger partial charge in [-0.2, -0.15) is 39.5 Å². The molecular formula is C21H12Br2ClF9N2O2. The Balaban J connectivity index is 2.07. The van der Waals surface area contributed by atoms with Crippen LogP contribution in [0.3, 0.4) is 0 Å². The molecule has 37 heavy (non-hydrogen) atoms. The van der Waals surface area contributed by atoms with Gasteiger partial charge in [0.25, 0.3) is 11.5 Å². The summed E-state index contributed by atoms with van der Waals surface area (Å²) in [4.78, 5) is 17.9. The number of anilines is 1. The van der Waals surface area contributed by atoms with Gasteiger partial charge < -0.3 is 9.74 Å². The lowest BCUT2D eigenvalue weighted by Gasteiger charge is -2.30. The second kappa shape index (κ2) is 9.95. The number of hydrogen-bond acceptors (Lipinski definition) is 3. The number of halogens is 12. The van der Waals surface area contributed by atoms with E-state index in [1.165, 1.54) is 19.2 Å². The fourth-order valence-electron chi connectivity index (χ4n) is 3.47. The minimum atomic E-state index is -5.47. The molecule has 4 nitrogen and oxygen atoms in total. The van der Waals surface area contributed by atoms with Crippen LogP contribution in [-0.2, 0) is 27.6 Å². The first kappa shape index (κ1) is 29.6. The van der Waals surface area contributed by atoms with E-state index in [1.807, 2.05) is 0 Å². The maximum Gasteiger partial charge on any atom is 0.435 e. The topological polar surface area (TPSA) is 41.9 Å². The van der Waals surface area contributed by atoms with Crippen molar-refractivity contribution in [3.63, 3.8) is 0 Å². The van der Waals surface area contributed by atoms with Gasteiger partial charge in [0.1, 0.15) is 3.74 Å². The summed E-state index contributed by atoms with van der Waals surface area (Å²) in [6.07, 6.45) is -17.5. The summed E-state index contributed by atoms with van der Waals surface area (Å²) in [6.45, 7) is 0. The molecule has 0 aromatic heterocycles. The molecule has 0 saturated carbocycles. The average molecular weight is 691 g/mol. The highest BCUT2D eigenvalue weighted by atomic mass is 79.9. The summed E-state index contributed by atoms with van der Waals surface area (Å²) in [5.74, 6) is -0.475. The maximum absolute atomic E-state index is 14.2. The van der Waals surface area contributed by atoms with Crippen LogP contribution in [0.2, 0.25) is 5.02 Å². The van der Waals surface area contributed by atoms with E-state index in [-0.39, 0.29) is 34.5 Å². The van der Waals surface area contributed by atoms with Crippen molar-refractivity contribution in [1.29, 1.82) is 0 Å². The van der Waals surface area contributed by atoms with Crippen LogP contribution >= 0.6 is 43.5 Å². The number of rotatable bonds is 4.